The van der Waals surface area contributed by atoms with Crippen LogP contribution >= 0.6 is 0 Å². The number of para-hydroxylation sites is 2. The fraction of sp³-hybridized carbons (Fsp3) is 0.571. The monoisotopic (exact) mass is 282 g/mol. The van der Waals surface area contributed by atoms with Gasteiger partial charge in [0.25, 0.3) is 0 Å². The molecule has 0 aliphatic heterocycles. The standard InChI is InChI=1S/C14H22N2O2S/c1-11-7-9-12(10-8-11)15-13-5-3-4-6-14(13)16-19(2,17)18/h3-6,11-12,15-16H,7-10H2,1-2H3. The summed E-state index contributed by atoms with van der Waals surface area (Å²) >= 11 is 0. The van der Waals surface area contributed by atoms with E-state index >= 15 is 0 Å². The van der Waals surface area contributed by atoms with Crippen LogP contribution in [0.5, 0.6) is 0 Å². The van der Waals surface area contributed by atoms with Crippen LogP contribution in [0.3, 0.4) is 0 Å². The Kier molecular flexibility index (Phi) is 4.34. The Morgan fingerprint density at radius 2 is 1.63 bits per heavy atom. The van der Waals surface area contributed by atoms with Crippen LogP contribution in [0.4, 0.5) is 11.4 Å². The molecule has 19 heavy (non-hydrogen) atoms. The van der Waals surface area contributed by atoms with E-state index in [1.54, 1.807) is 6.07 Å². The molecule has 0 spiro atoms. The number of nitrogens with one attached hydrogen (secondary N) is 2. The summed E-state index contributed by atoms with van der Waals surface area (Å²) in [4.78, 5) is 0. The number of benzene rings is 1. The second kappa shape index (κ2) is 5.82. The summed E-state index contributed by atoms with van der Waals surface area (Å²) in [5.74, 6) is 0.808. The first-order chi connectivity index (χ1) is 8.94. The van der Waals surface area contributed by atoms with Gasteiger partial charge in [-0.05, 0) is 43.7 Å². The van der Waals surface area contributed by atoms with Gasteiger partial charge < -0.3 is 5.32 Å². The molecule has 0 saturated heterocycles. The van der Waals surface area contributed by atoms with Crippen molar-refractivity contribution in [3.63, 3.8) is 0 Å². The predicted molar refractivity (Wildman–Crippen MR) is 80.0 cm³/mol. The van der Waals surface area contributed by atoms with Crippen molar-refractivity contribution in [2.24, 2.45) is 5.92 Å². The molecule has 5 heteroatoms. The van der Waals surface area contributed by atoms with Crippen LogP contribution in [-0.4, -0.2) is 20.7 Å². The van der Waals surface area contributed by atoms with Gasteiger partial charge in [0.1, 0.15) is 0 Å². The maximum Gasteiger partial charge on any atom is 0.229 e. The van der Waals surface area contributed by atoms with Crippen LogP contribution in [0.1, 0.15) is 32.6 Å². The number of rotatable bonds is 4. The summed E-state index contributed by atoms with van der Waals surface area (Å²) in [6.07, 6.45) is 5.94. The van der Waals surface area contributed by atoms with Crippen LogP contribution in [0.15, 0.2) is 24.3 Å². The van der Waals surface area contributed by atoms with Gasteiger partial charge in [-0.25, -0.2) is 8.42 Å². The minimum atomic E-state index is -3.24. The second-order valence-corrected chi connectivity index (χ2v) is 7.27. The molecule has 1 aromatic rings. The quantitative estimate of drug-likeness (QED) is 0.892. The minimum Gasteiger partial charge on any atom is -0.381 e. The Labute approximate surface area is 115 Å². The summed E-state index contributed by atoms with van der Waals surface area (Å²) in [6.45, 7) is 2.29. The third-order valence-electron chi connectivity index (χ3n) is 3.60. The molecular weight excluding hydrogens is 260 g/mol. The summed E-state index contributed by atoms with van der Waals surface area (Å²) in [7, 11) is -3.24. The fourth-order valence-corrected chi connectivity index (χ4v) is 3.10. The third kappa shape index (κ3) is 4.42. The lowest BCUT2D eigenvalue weighted by Crippen LogP contribution is -2.25. The molecule has 0 unspecified atom stereocenters. The zero-order valence-corrected chi connectivity index (χ0v) is 12.3. The smallest absolute Gasteiger partial charge is 0.229 e. The molecular formula is C14H22N2O2S. The Balaban J connectivity index is 2.07. The molecule has 0 atom stereocenters. The lowest BCUT2D eigenvalue weighted by Gasteiger charge is -2.28. The van der Waals surface area contributed by atoms with E-state index in [1.807, 2.05) is 18.2 Å². The number of hydrogen-bond acceptors (Lipinski definition) is 3. The average molecular weight is 282 g/mol. The van der Waals surface area contributed by atoms with E-state index < -0.39 is 10.0 Å². The molecule has 4 nitrogen and oxygen atoms in total. The summed E-state index contributed by atoms with van der Waals surface area (Å²) in [5.41, 5.74) is 1.50. The van der Waals surface area contributed by atoms with E-state index in [4.69, 9.17) is 0 Å². The van der Waals surface area contributed by atoms with Crippen molar-refractivity contribution in [3.05, 3.63) is 24.3 Å². The summed E-state index contributed by atoms with van der Waals surface area (Å²) in [5, 5.41) is 3.47. The minimum absolute atomic E-state index is 0.443. The highest BCUT2D eigenvalue weighted by Crippen LogP contribution is 2.29. The third-order valence-corrected chi connectivity index (χ3v) is 4.19. The van der Waals surface area contributed by atoms with E-state index in [2.05, 4.69) is 17.0 Å². The molecule has 1 aliphatic rings. The average Bonchev–Trinajstić information content (AvgIpc) is 2.33. The molecule has 0 radical (unpaired) electrons. The molecule has 1 aliphatic carbocycles. The van der Waals surface area contributed by atoms with E-state index in [9.17, 15) is 8.42 Å². The van der Waals surface area contributed by atoms with E-state index in [0.717, 1.165) is 24.4 Å². The molecule has 0 bridgehead atoms. The van der Waals surface area contributed by atoms with Crippen LogP contribution in [0, 0.1) is 5.92 Å². The molecule has 1 fully saturated rings. The lowest BCUT2D eigenvalue weighted by molar-refractivity contribution is 0.361. The molecule has 0 amide bonds. The van der Waals surface area contributed by atoms with Crippen molar-refractivity contribution in [2.45, 2.75) is 38.6 Å². The lowest BCUT2D eigenvalue weighted by atomic mass is 9.87. The molecule has 0 heterocycles. The zero-order chi connectivity index (χ0) is 13.9. The Morgan fingerprint density at radius 1 is 1.05 bits per heavy atom. The van der Waals surface area contributed by atoms with E-state index in [1.165, 1.54) is 19.1 Å². The maximum absolute atomic E-state index is 11.3. The highest BCUT2D eigenvalue weighted by Gasteiger charge is 2.19. The molecule has 2 rings (SSSR count). The molecule has 2 N–H and O–H groups in total. The van der Waals surface area contributed by atoms with Gasteiger partial charge in [-0.2, -0.15) is 0 Å². The van der Waals surface area contributed by atoms with Crippen molar-refractivity contribution >= 4 is 21.4 Å². The first-order valence-corrected chi connectivity index (χ1v) is 8.66. The fourth-order valence-electron chi connectivity index (χ4n) is 2.52. The largest absolute Gasteiger partial charge is 0.381 e. The van der Waals surface area contributed by atoms with Gasteiger partial charge in [0.15, 0.2) is 0 Å². The van der Waals surface area contributed by atoms with Gasteiger partial charge in [-0.1, -0.05) is 19.1 Å². The van der Waals surface area contributed by atoms with Gasteiger partial charge in [0, 0.05) is 6.04 Å². The Morgan fingerprint density at radius 3 is 2.21 bits per heavy atom. The molecule has 106 valence electrons. The number of sulfonamides is 1. The SMILES string of the molecule is CC1CCC(Nc2ccccc2NS(C)(=O)=O)CC1. The topological polar surface area (TPSA) is 58.2 Å². The zero-order valence-electron chi connectivity index (χ0n) is 11.5. The van der Waals surface area contributed by atoms with E-state index in [-0.39, 0.29) is 0 Å². The predicted octanol–water partition coefficient (Wildman–Crippen LogP) is 3.05. The van der Waals surface area contributed by atoms with Crippen LogP contribution in [0.2, 0.25) is 0 Å². The molecule has 0 aromatic heterocycles. The Bertz CT molecular complexity index is 520. The highest BCUT2D eigenvalue weighted by molar-refractivity contribution is 7.92. The highest BCUT2D eigenvalue weighted by atomic mass is 32.2. The van der Waals surface area contributed by atoms with Crippen LogP contribution in [-0.2, 0) is 10.0 Å². The second-order valence-electron chi connectivity index (χ2n) is 5.52. The van der Waals surface area contributed by atoms with Crippen LogP contribution in [0.25, 0.3) is 0 Å². The molecule has 1 aromatic carbocycles. The summed E-state index contributed by atoms with van der Waals surface area (Å²) < 4.78 is 25.3. The van der Waals surface area contributed by atoms with Gasteiger partial charge in [-0.15, -0.1) is 0 Å². The summed E-state index contributed by atoms with van der Waals surface area (Å²) in [6, 6.07) is 7.90. The number of anilines is 2. The van der Waals surface area contributed by atoms with Gasteiger partial charge in [-0.3, -0.25) is 4.72 Å². The van der Waals surface area contributed by atoms with Crippen molar-refractivity contribution in [1.29, 1.82) is 0 Å². The first-order valence-electron chi connectivity index (χ1n) is 6.77. The van der Waals surface area contributed by atoms with E-state index in [0.29, 0.717) is 11.7 Å². The van der Waals surface area contributed by atoms with Gasteiger partial charge >= 0.3 is 0 Å². The maximum atomic E-state index is 11.3. The first kappa shape index (κ1) is 14.2. The van der Waals surface area contributed by atoms with Crippen molar-refractivity contribution in [3.8, 4) is 0 Å². The van der Waals surface area contributed by atoms with Crippen molar-refractivity contribution < 1.29 is 8.42 Å². The van der Waals surface area contributed by atoms with Crippen molar-refractivity contribution in [1.82, 2.24) is 0 Å². The molecule has 1 saturated carbocycles. The normalized spacial score (nSPS) is 23.9. The van der Waals surface area contributed by atoms with Crippen LogP contribution < -0.4 is 10.0 Å². The van der Waals surface area contributed by atoms with Gasteiger partial charge in [0.2, 0.25) is 10.0 Å². The van der Waals surface area contributed by atoms with Gasteiger partial charge in [0.05, 0.1) is 17.6 Å². The van der Waals surface area contributed by atoms with Crippen molar-refractivity contribution in [2.75, 3.05) is 16.3 Å². The Hall–Kier alpha value is -1.23. The number of hydrogen-bond donors (Lipinski definition) is 2.